The number of aliphatic hydroxyl groups excluding tert-OH is 1. The van der Waals surface area contributed by atoms with Crippen LogP contribution in [0.1, 0.15) is 36.7 Å². The molecule has 9 heteroatoms. The fourth-order valence-corrected chi connectivity index (χ4v) is 7.71. The van der Waals surface area contributed by atoms with Crippen molar-refractivity contribution in [2.45, 2.75) is 43.4 Å². The highest BCUT2D eigenvalue weighted by atomic mass is 32.2. The fourth-order valence-electron chi connectivity index (χ4n) is 6.11. The van der Waals surface area contributed by atoms with Crippen LogP contribution in [0.25, 0.3) is 11.3 Å². The van der Waals surface area contributed by atoms with Crippen molar-refractivity contribution in [3.8, 4) is 11.3 Å². The van der Waals surface area contributed by atoms with Crippen molar-refractivity contribution in [2.75, 3.05) is 13.1 Å². The Bertz CT molecular complexity index is 1300. The SMILES string of the molecule is Cc1ncc(S(=O)(=O)N2CCC3(CC2)C[C@@H]([C@H]2c4ccccc4-c4cncn42)[C@H]3O)n1C. The van der Waals surface area contributed by atoms with E-state index in [9.17, 15) is 13.5 Å². The molecule has 3 atom stereocenters. The summed E-state index contributed by atoms with van der Waals surface area (Å²) < 4.78 is 31.6. The van der Waals surface area contributed by atoms with Crippen LogP contribution >= 0.6 is 0 Å². The first-order valence-electron chi connectivity index (χ1n) is 11.1. The first-order chi connectivity index (χ1) is 15.3. The lowest BCUT2D eigenvalue weighted by atomic mass is 9.53. The molecule has 32 heavy (non-hydrogen) atoms. The molecule has 1 spiro atoms. The van der Waals surface area contributed by atoms with Crippen LogP contribution in [0.5, 0.6) is 0 Å². The van der Waals surface area contributed by atoms with Crippen LogP contribution in [0.15, 0.2) is 48.0 Å². The van der Waals surface area contributed by atoms with Crippen molar-refractivity contribution in [3.63, 3.8) is 0 Å². The quantitative estimate of drug-likeness (QED) is 0.657. The second-order valence-electron chi connectivity index (χ2n) is 9.50. The molecule has 1 saturated heterocycles. The van der Waals surface area contributed by atoms with E-state index >= 15 is 0 Å². The Morgan fingerprint density at radius 1 is 1.16 bits per heavy atom. The number of aromatic nitrogens is 4. The van der Waals surface area contributed by atoms with Gasteiger partial charge in [0.15, 0.2) is 5.03 Å². The second-order valence-corrected chi connectivity index (χ2v) is 11.4. The highest BCUT2D eigenvalue weighted by molar-refractivity contribution is 7.89. The van der Waals surface area contributed by atoms with Gasteiger partial charge in [0.05, 0.1) is 36.6 Å². The number of hydrogen-bond acceptors (Lipinski definition) is 5. The van der Waals surface area contributed by atoms with Crippen molar-refractivity contribution in [3.05, 3.63) is 54.4 Å². The van der Waals surface area contributed by atoms with Crippen LogP contribution < -0.4 is 0 Å². The third-order valence-corrected chi connectivity index (χ3v) is 10.1. The second kappa shape index (κ2) is 6.76. The highest BCUT2D eigenvalue weighted by Crippen LogP contribution is 2.59. The smallest absolute Gasteiger partial charge is 0.260 e. The third kappa shape index (κ3) is 2.58. The molecular weight excluding hydrogens is 426 g/mol. The summed E-state index contributed by atoms with van der Waals surface area (Å²) in [5.74, 6) is 0.777. The van der Waals surface area contributed by atoms with Crippen molar-refractivity contribution in [1.82, 2.24) is 23.4 Å². The third-order valence-electron chi connectivity index (χ3n) is 8.10. The molecule has 0 unspecified atom stereocenters. The van der Waals surface area contributed by atoms with E-state index in [0.717, 1.165) is 12.1 Å². The molecule has 168 valence electrons. The molecule has 3 aliphatic rings. The van der Waals surface area contributed by atoms with Crippen LogP contribution in [0, 0.1) is 18.3 Å². The topological polar surface area (TPSA) is 93.2 Å². The summed E-state index contributed by atoms with van der Waals surface area (Å²) in [5, 5.41) is 11.6. The van der Waals surface area contributed by atoms with E-state index in [1.807, 2.05) is 18.6 Å². The van der Waals surface area contributed by atoms with E-state index < -0.39 is 16.1 Å². The molecule has 2 aromatic heterocycles. The standard InChI is InChI=1S/C23H27N5O3S/c1-15-25-13-20(26(15)2)32(30,31)27-9-7-23(8-10-27)11-18(22(23)29)21-17-6-4-3-5-16(17)19-12-24-14-28(19)21/h3-6,12-14,18,21-22,29H,7-11H2,1-2H3/t18-,21+,22+/m0/s1. The van der Waals surface area contributed by atoms with Gasteiger partial charge in [0.1, 0.15) is 5.82 Å². The van der Waals surface area contributed by atoms with E-state index in [1.54, 1.807) is 22.8 Å². The Morgan fingerprint density at radius 2 is 1.91 bits per heavy atom. The van der Waals surface area contributed by atoms with Gasteiger partial charge >= 0.3 is 0 Å². The maximum absolute atomic E-state index is 13.1. The Morgan fingerprint density at radius 3 is 2.59 bits per heavy atom. The molecule has 2 fully saturated rings. The minimum Gasteiger partial charge on any atom is -0.392 e. The first kappa shape index (κ1) is 20.1. The average Bonchev–Trinajstić information content (AvgIpc) is 3.48. The average molecular weight is 454 g/mol. The van der Waals surface area contributed by atoms with Gasteiger partial charge in [-0.2, -0.15) is 4.31 Å². The number of rotatable bonds is 3. The van der Waals surface area contributed by atoms with Gasteiger partial charge in [-0.3, -0.25) is 0 Å². The molecule has 2 aliphatic heterocycles. The summed E-state index contributed by atoms with van der Waals surface area (Å²) in [6.07, 6.45) is 6.97. The van der Waals surface area contributed by atoms with E-state index in [4.69, 9.17) is 0 Å². The van der Waals surface area contributed by atoms with Crippen molar-refractivity contribution < 1.29 is 13.5 Å². The molecule has 8 nitrogen and oxygen atoms in total. The molecule has 0 amide bonds. The zero-order valence-electron chi connectivity index (χ0n) is 18.2. The number of hydrogen-bond donors (Lipinski definition) is 1. The van der Waals surface area contributed by atoms with Gasteiger partial charge in [-0.15, -0.1) is 0 Å². The van der Waals surface area contributed by atoms with Crippen LogP contribution in [0.2, 0.25) is 0 Å². The Kier molecular flexibility index (Phi) is 4.25. The van der Waals surface area contributed by atoms with Gasteiger partial charge in [0.25, 0.3) is 10.0 Å². The number of fused-ring (bicyclic) bond motifs is 3. The van der Waals surface area contributed by atoms with Crippen LogP contribution in [-0.4, -0.2) is 56.1 Å². The minimum atomic E-state index is -3.59. The summed E-state index contributed by atoms with van der Waals surface area (Å²) in [6.45, 7) is 2.64. The number of piperidine rings is 1. The summed E-state index contributed by atoms with van der Waals surface area (Å²) in [5.41, 5.74) is 3.33. The van der Waals surface area contributed by atoms with Gasteiger partial charge in [0.2, 0.25) is 0 Å². The Labute approximate surface area is 187 Å². The van der Waals surface area contributed by atoms with E-state index in [2.05, 4.69) is 32.7 Å². The monoisotopic (exact) mass is 453 g/mol. The number of benzene rings is 1. The Hall–Kier alpha value is -2.49. The van der Waals surface area contributed by atoms with Gasteiger partial charge in [0, 0.05) is 31.6 Å². The largest absolute Gasteiger partial charge is 0.392 e. The Balaban J connectivity index is 1.21. The predicted octanol–water partition coefficient (Wildman–Crippen LogP) is 2.35. The van der Waals surface area contributed by atoms with Crippen molar-refractivity contribution in [1.29, 1.82) is 0 Å². The van der Waals surface area contributed by atoms with Crippen LogP contribution in [-0.2, 0) is 17.1 Å². The molecule has 1 aromatic carbocycles. The van der Waals surface area contributed by atoms with Gasteiger partial charge in [-0.05, 0) is 37.2 Å². The van der Waals surface area contributed by atoms with Gasteiger partial charge in [-0.25, -0.2) is 18.4 Å². The maximum Gasteiger partial charge on any atom is 0.260 e. The summed E-state index contributed by atoms with van der Waals surface area (Å²) in [4.78, 5) is 8.48. The maximum atomic E-state index is 13.1. The number of aryl methyl sites for hydroxylation is 1. The number of aliphatic hydroxyl groups is 1. The summed E-state index contributed by atoms with van der Waals surface area (Å²) >= 11 is 0. The van der Waals surface area contributed by atoms with Gasteiger partial charge in [-0.1, -0.05) is 24.3 Å². The molecule has 0 radical (unpaired) electrons. The lowest BCUT2D eigenvalue weighted by Crippen LogP contribution is -2.59. The molecule has 3 aromatic rings. The molecule has 6 rings (SSSR count). The minimum absolute atomic E-state index is 0.0866. The van der Waals surface area contributed by atoms with Gasteiger partial charge < -0.3 is 14.2 Å². The van der Waals surface area contributed by atoms with E-state index in [1.165, 1.54) is 17.3 Å². The number of sulfonamides is 1. The van der Waals surface area contributed by atoms with E-state index in [0.29, 0.717) is 31.8 Å². The van der Waals surface area contributed by atoms with Crippen LogP contribution in [0.3, 0.4) is 0 Å². The normalized spacial score (nSPS) is 26.7. The molecule has 1 N–H and O–H groups in total. The molecule has 1 aliphatic carbocycles. The zero-order chi connectivity index (χ0) is 22.3. The number of nitrogens with zero attached hydrogens (tertiary/aromatic N) is 5. The predicted molar refractivity (Wildman–Crippen MR) is 118 cm³/mol. The van der Waals surface area contributed by atoms with Crippen LogP contribution in [0.4, 0.5) is 0 Å². The molecule has 4 heterocycles. The highest BCUT2D eigenvalue weighted by Gasteiger charge is 2.58. The first-order valence-corrected chi connectivity index (χ1v) is 12.6. The lowest BCUT2D eigenvalue weighted by Gasteiger charge is -2.57. The number of imidazole rings is 2. The zero-order valence-corrected chi connectivity index (χ0v) is 19.0. The van der Waals surface area contributed by atoms with E-state index in [-0.39, 0.29) is 22.4 Å². The fraction of sp³-hybridized carbons (Fsp3) is 0.478. The molecule has 0 bridgehead atoms. The van der Waals surface area contributed by atoms with Crippen molar-refractivity contribution in [2.24, 2.45) is 18.4 Å². The summed E-state index contributed by atoms with van der Waals surface area (Å²) in [7, 11) is -1.86. The lowest BCUT2D eigenvalue weighted by molar-refractivity contribution is -0.152. The molecule has 1 saturated carbocycles. The summed E-state index contributed by atoms with van der Waals surface area (Å²) in [6, 6.07) is 8.44. The molecular formula is C23H27N5O3S. The van der Waals surface area contributed by atoms with Crippen molar-refractivity contribution >= 4 is 10.0 Å².